The van der Waals surface area contributed by atoms with E-state index in [9.17, 15) is 0 Å². The lowest BCUT2D eigenvalue weighted by atomic mass is 9.83. The van der Waals surface area contributed by atoms with Crippen LogP contribution < -0.4 is 15.1 Å². The molecule has 252 valence electrons. The van der Waals surface area contributed by atoms with Gasteiger partial charge in [-0.05, 0) is 92.6 Å². The van der Waals surface area contributed by atoms with E-state index in [2.05, 4.69) is 172 Å². The smallest absolute Gasteiger partial charge is 0.111 e. The highest BCUT2D eigenvalue weighted by Crippen LogP contribution is 2.48. The zero-order valence-corrected chi connectivity index (χ0v) is 29.3. The number of benzene rings is 3. The zero-order valence-electron chi connectivity index (χ0n) is 29.3. The van der Waals surface area contributed by atoms with E-state index in [1.165, 1.54) is 67.3 Å². The number of rotatable bonds is 5. The molecule has 4 atom stereocenters. The van der Waals surface area contributed by atoms with Crippen molar-refractivity contribution >= 4 is 45.8 Å². The monoisotopic (exact) mass is 664 g/mol. The van der Waals surface area contributed by atoms with Gasteiger partial charge in [0.1, 0.15) is 6.17 Å². The van der Waals surface area contributed by atoms with Crippen LogP contribution in [0.25, 0.3) is 23.1 Å². The predicted octanol–water partition coefficient (Wildman–Crippen LogP) is 11.3. The van der Waals surface area contributed by atoms with E-state index in [4.69, 9.17) is 0 Å². The molecule has 0 fully saturated rings. The highest BCUT2D eigenvalue weighted by Gasteiger charge is 2.39. The van der Waals surface area contributed by atoms with Crippen LogP contribution in [0.5, 0.6) is 0 Å². The summed E-state index contributed by atoms with van der Waals surface area (Å²) in [6.45, 7) is 3.27. The minimum absolute atomic E-state index is 0.0667. The van der Waals surface area contributed by atoms with Gasteiger partial charge in [0.15, 0.2) is 0 Å². The first-order valence-electron chi connectivity index (χ1n) is 18.9. The van der Waals surface area contributed by atoms with Gasteiger partial charge in [0.05, 0.1) is 17.4 Å². The number of fused-ring (bicyclic) bond motifs is 7. The molecule has 3 aromatic carbocycles. The summed E-state index contributed by atoms with van der Waals surface area (Å²) in [6, 6.07) is 24.7. The molecule has 2 aliphatic heterocycles. The Bertz CT molecular complexity index is 2290. The zero-order chi connectivity index (χ0) is 33.9. The van der Waals surface area contributed by atoms with Gasteiger partial charge in [-0.1, -0.05) is 103 Å². The number of allylic oxidation sites excluding steroid dienone is 9. The molecule has 0 radical (unpaired) electrons. The molecule has 0 saturated heterocycles. The van der Waals surface area contributed by atoms with Gasteiger partial charge in [-0.3, -0.25) is 0 Å². The fraction of sp³-hybridized carbons (Fsp3) is 0.234. The van der Waals surface area contributed by atoms with E-state index in [0.717, 1.165) is 38.6 Å². The van der Waals surface area contributed by atoms with Crippen LogP contribution in [0.4, 0.5) is 22.7 Å². The summed E-state index contributed by atoms with van der Waals surface area (Å²) in [5.41, 5.74) is 14.6. The first-order chi connectivity index (χ1) is 25.3. The van der Waals surface area contributed by atoms with E-state index in [1.807, 2.05) is 0 Å². The first-order valence-corrected chi connectivity index (χ1v) is 18.9. The largest absolute Gasteiger partial charge is 0.363 e. The van der Waals surface area contributed by atoms with Gasteiger partial charge in [-0.25, -0.2) is 0 Å². The van der Waals surface area contributed by atoms with Gasteiger partial charge in [-0.15, -0.1) is 0 Å². The Morgan fingerprint density at radius 3 is 2.51 bits per heavy atom. The van der Waals surface area contributed by atoms with Crippen LogP contribution in [0.2, 0.25) is 0 Å². The molecule has 1 N–H and O–H groups in total. The normalized spacial score (nSPS) is 24.3. The molecule has 4 aliphatic carbocycles. The van der Waals surface area contributed by atoms with Crippen molar-refractivity contribution in [3.05, 3.63) is 167 Å². The van der Waals surface area contributed by atoms with Gasteiger partial charge >= 0.3 is 0 Å². The maximum atomic E-state index is 4.01. The van der Waals surface area contributed by atoms with Crippen molar-refractivity contribution in [2.45, 2.75) is 57.8 Å². The Hall–Kier alpha value is -5.48. The fourth-order valence-electron chi connectivity index (χ4n) is 9.47. The topological polar surface area (TPSA) is 23.4 Å². The number of nitrogens with one attached hydrogen (secondary N) is 1. The van der Waals surface area contributed by atoms with E-state index in [1.54, 1.807) is 0 Å². The summed E-state index contributed by atoms with van der Waals surface area (Å²) in [4.78, 5) is 5.21. The Labute approximate surface area is 301 Å². The number of aryl methyl sites for hydroxylation is 1. The number of para-hydroxylation sites is 3. The lowest BCUT2D eigenvalue weighted by Crippen LogP contribution is -2.42. The number of nitrogens with zero attached hydrogens (tertiary/aromatic N) is 3. The van der Waals surface area contributed by atoms with Crippen molar-refractivity contribution in [3.63, 3.8) is 0 Å². The van der Waals surface area contributed by atoms with Crippen molar-refractivity contribution in [1.82, 2.24) is 4.57 Å². The Morgan fingerprint density at radius 2 is 1.63 bits per heavy atom. The van der Waals surface area contributed by atoms with Crippen LogP contribution in [0.15, 0.2) is 150 Å². The molecule has 0 spiro atoms. The van der Waals surface area contributed by atoms with Gasteiger partial charge < -0.3 is 19.7 Å². The van der Waals surface area contributed by atoms with Crippen LogP contribution in [0, 0.1) is 11.8 Å². The van der Waals surface area contributed by atoms with Crippen LogP contribution in [0.1, 0.15) is 49.4 Å². The van der Waals surface area contributed by atoms with E-state index in [0.29, 0.717) is 0 Å². The molecule has 4 unspecified atom stereocenters. The minimum Gasteiger partial charge on any atom is -0.363 e. The molecule has 6 aliphatic rings. The van der Waals surface area contributed by atoms with Crippen molar-refractivity contribution in [3.8, 4) is 0 Å². The second-order valence-corrected chi connectivity index (χ2v) is 14.6. The first kappa shape index (κ1) is 30.4. The standard InChI is InChI=1S/C47H44N4/c1-2-49-42-23-13-10-20-38(42)46-39-26-25-33-17-9-12-22-41(33)50(43(39)27-28-45(46)49)37-30-34(32-15-5-3-6-16-32)29-35(31-37)47-48-40-21-11-14-24-44(40)51(47)36-18-7-4-8-19-36/h4-5,7-12,14-22,24-28,30-31,33,35,41,47-48H,2-3,6,13,23,29H2,1H3. The molecule has 0 saturated carbocycles. The molecule has 0 bridgehead atoms. The lowest BCUT2D eigenvalue weighted by Gasteiger charge is -2.40. The number of hydrogen-bond acceptors (Lipinski definition) is 3. The van der Waals surface area contributed by atoms with Gasteiger partial charge in [0.25, 0.3) is 0 Å². The van der Waals surface area contributed by atoms with E-state index in [-0.39, 0.29) is 24.0 Å². The van der Waals surface area contributed by atoms with Crippen LogP contribution >= 0.6 is 0 Å². The third-order valence-corrected chi connectivity index (χ3v) is 11.7. The van der Waals surface area contributed by atoms with Crippen molar-refractivity contribution in [1.29, 1.82) is 0 Å². The maximum Gasteiger partial charge on any atom is 0.111 e. The summed E-state index contributed by atoms with van der Waals surface area (Å²) in [5.74, 6) is 0.476. The summed E-state index contributed by atoms with van der Waals surface area (Å²) in [6.07, 6.45) is 36.6. The highest BCUT2D eigenvalue weighted by molar-refractivity contribution is 6.03. The van der Waals surface area contributed by atoms with E-state index < -0.39 is 0 Å². The quantitative estimate of drug-likeness (QED) is 0.230. The van der Waals surface area contributed by atoms with Gasteiger partial charge in [0, 0.05) is 63.2 Å². The van der Waals surface area contributed by atoms with Crippen molar-refractivity contribution < 1.29 is 0 Å². The molecule has 4 nitrogen and oxygen atoms in total. The summed E-state index contributed by atoms with van der Waals surface area (Å²) in [7, 11) is 0. The van der Waals surface area contributed by atoms with E-state index >= 15 is 0 Å². The summed E-state index contributed by atoms with van der Waals surface area (Å²) in [5, 5.41) is 5.40. The second-order valence-electron chi connectivity index (χ2n) is 14.6. The van der Waals surface area contributed by atoms with Crippen LogP contribution in [0.3, 0.4) is 0 Å². The molecule has 1 aromatic heterocycles. The Kier molecular flexibility index (Phi) is 7.37. The van der Waals surface area contributed by atoms with Crippen molar-refractivity contribution in [2.75, 3.05) is 15.1 Å². The lowest BCUT2D eigenvalue weighted by molar-refractivity contribution is 0.532. The molecule has 10 rings (SSSR count). The highest BCUT2D eigenvalue weighted by atomic mass is 15.3. The molecular formula is C47H44N4. The molecular weight excluding hydrogens is 621 g/mol. The SMILES string of the molecule is CCn1c2c(c3c4c(ccc31)N(C1=CC(C3Nc5ccccc5N3c3ccccc3)CC(C3=CCCC=C3)=C1)C1C=CC=CC1C=C4)C=CCC2. The molecule has 4 heteroatoms. The van der Waals surface area contributed by atoms with Crippen LogP contribution in [-0.4, -0.2) is 16.8 Å². The third-order valence-electron chi connectivity index (χ3n) is 11.7. The average molecular weight is 665 g/mol. The number of anilines is 4. The minimum atomic E-state index is 0.0667. The van der Waals surface area contributed by atoms with Crippen molar-refractivity contribution in [2.24, 2.45) is 11.8 Å². The third kappa shape index (κ3) is 4.95. The van der Waals surface area contributed by atoms with Gasteiger partial charge in [0.2, 0.25) is 0 Å². The maximum absolute atomic E-state index is 4.01. The molecule has 3 heterocycles. The second kappa shape index (κ2) is 12.4. The predicted molar refractivity (Wildman–Crippen MR) is 215 cm³/mol. The average Bonchev–Trinajstić information content (AvgIpc) is 3.69. The Morgan fingerprint density at radius 1 is 0.765 bits per heavy atom. The summed E-state index contributed by atoms with van der Waals surface area (Å²) >= 11 is 0. The van der Waals surface area contributed by atoms with Gasteiger partial charge in [-0.2, -0.15) is 0 Å². The Balaban J connectivity index is 1.17. The number of hydrogen-bond donors (Lipinski definition) is 1. The molecule has 0 amide bonds. The summed E-state index contributed by atoms with van der Waals surface area (Å²) < 4.78 is 2.56. The molecule has 4 aromatic rings. The van der Waals surface area contributed by atoms with Crippen LogP contribution in [-0.2, 0) is 13.0 Å². The fourth-order valence-corrected chi connectivity index (χ4v) is 9.47. The molecule has 51 heavy (non-hydrogen) atoms. The number of aromatic nitrogens is 1.